The third-order valence-corrected chi connectivity index (χ3v) is 6.14. The molecule has 0 aromatic heterocycles. The summed E-state index contributed by atoms with van der Waals surface area (Å²) in [7, 11) is 0. The molecule has 3 rings (SSSR count). The number of carbonyl (C=O) groups excluding carboxylic acids is 1. The number of ether oxygens (including phenoxy) is 1. The van der Waals surface area contributed by atoms with Crippen LogP contribution >= 0.6 is 0 Å². The van der Waals surface area contributed by atoms with Gasteiger partial charge in [-0.1, -0.05) is 19.8 Å². The molecule has 1 amide bonds. The summed E-state index contributed by atoms with van der Waals surface area (Å²) in [5.74, 6) is 3.91. The molecule has 2 heterocycles. The first kappa shape index (κ1) is 19.7. The minimum absolute atomic E-state index is 0.0775. The van der Waals surface area contributed by atoms with E-state index in [0.717, 1.165) is 64.3 Å². The van der Waals surface area contributed by atoms with Crippen LogP contribution in [0.2, 0.25) is 0 Å². The third kappa shape index (κ3) is 4.82. The van der Waals surface area contributed by atoms with Crippen molar-refractivity contribution in [2.24, 2.45) is 0 Å². The van der Waals surface area contributed by atoms with Gasteiger partial charge in [-0.25, -0.2) is 0 Å². The van der Waals surface area contributed by atoms with Crippen LogP contribution in [0.1, 0.15) is 37.8 Å². The van der Waals surface area contributed by atoms with Crippen molar-refractivity contribution in [3.8, 4) is 18.1 Å². The lowest BCUT2D eigenvalue weighted by atomic mass is 9.94. The molecule has 0 radical (unpaired) electrons. The summed E-state index contributed by atoms with van der Waals surface area (Å²) in [6.45, 7) is 10.7. The second kappa shape index (κ2) is 8.77. The highest BCUT2D eigenvalue weighted by Gasteiger charge is 2.29. The van der Waals surface area contributed by atoms with E-state index in [-0.39, 0.29) is 5.91 Å². The normalized spacial score (nSPS) is 21.8. The van der Waals surface area contributed by atoms with Gasteiger partial charge in [-0.2, -0.15) is 0 Å². The van der Waals surface area contributed by atoms with Crippen LogP contribution < -0.4 is 19.9 Å². The van der Waals surface area contributed by atoms with E-state index < -0.39 is 5.54 Å². The molecule has 0 saturated carbocycles. The molecule has 0 atom stereocenters. The summed E-state index contributed by atoms with van der Waals surface area (Å²) < 4.78 is 5.59. The molecule has 1 aromatic rings. The fourth-order valence-electron chi connectivity index (χ4n) is 4.15. The van der Waals surface area contributed by atoms with Gasteiger partial charge < -0.3 is 19.9 Å². The molecular formula is C22H33N3O2+2. The second-order valence-electron chi connectivity index (χ2n) is 7.88. The number of nitrogens with one attached hydrogen (secondary N) is 3. The Labute approximate surface area is 163 Å². The molecule has 0 bridgehead atoms. The molecule has 0 aliphatic carbocycles. The lowest BCUT2D eigenvalue weighted by Gasteiger charge is -2.31. The highest BCUT2D eigenvalue weighted by Crippen LogP contribution is 2.25. The molecule has 5 nitrogen and oxygen atoms in total. The fraction of sp³-hybridized carbons (Fsp3) is 0.591. The Morgan fingerprint density at radius 3 is 2.59 bits per heavy atom. The van der Waals surface area contributed by atoms with Crippen LogP contribution in [0.15, 0.2) is 18.2 Å². The van der Waals surface area contributed by atoms with Gasteiger partial charge in [-0.05, 0) is 36.6 Å². The SMILES string of the molecule is C#CC(CC)(CC)NC(=O)C[NH+]1CC[NH+](Cc2ccc3c(c2)CCO3)CC1. The van der Waals surface area contributed by atoms with Crippen LogP contribution in [0, 0.1) is 12.3 Å². The van der Waals surface area contributed by atoms with Crippen molar-refractivity contribution in [1.29, 1.82) is 0 Å². The average Bonchev–Trinajstić information content (AvgIpc) is 3.15. The first-order valence-electron chi connectivity index (χ1n) is 10.3. The van der Waals surface area contributed by atoms with Crippen LogP contribution in [0.25, 0.3) is 0 Å². The van der Waals surface area contributed by atoms with Crippen molar-refractivity contribution in [2.45, 2.75) is 45.2 Å². The molecule has 0 unspecified atom stereocenters. The van der Waals surface area contributed by atoms with E-state index in [4.69, 9.17) is 11.2 Å². The Hall–Kier alpha value is -2.03. The number of hydrogen-bond donors (Lipinski definition) is 3. The summed E-state index contributed by atoms with van der Waals surface area (Å²) in [4.78, 5) is 15.4. The summed E-state index contributed by atoms with van der Waals surface area (Å²) in [5, 5.41) is 3.09. The van der Waals surface area contributed by atoms with Gasteiger partial charge in [0.15, 0.2) is 6.54 Å². The number of rotatable bonds is 7. The first-order chi connectivity index (χ1) is 13.1. The average molecular weight is 372 g/mol. The summed E-state index contributed by atoms with van der Waals surface area (Å²) in [6, 6.07) is 6.61. The number of benzene rings is 1. The number of piperazine rings is 1. The van der Waals surface area contributed by atoms with Crippen molar-refractivity contribution >= 4 is 5.91 Å². The molecule has 1 fully saturated rings. The van der Waals surface area contributed by atoms with E-state index in [2.05, 4.69) is 29.4 Å². The van der Waals surface area contributed by atoms with Gasteiger partial charge in [0, 0.05) is 12.0 Å². The van der Waals surface area contributed by atoms with Gasteiger partial charge >= 0.3 is 0 Å². The van der Waals surface area contributed by atoms with E-state index >= 15 is 0 Å². The molecule has 5 heteroatoms. The van der Waals surface area contributed by atoms with E-state index in [9.17, 15) is 4.79 Å². The minimum atomic E-state index is -0.485. The van der Waals surface area contributed by atoms with Crippen molar-refractivity contribution < 1.29 is 19.3 Å². The van der Waals surface area contributed by atoms with Crippen molar-refractivity contribution in [3.63, 3.8) is 0 Å². The third-order valence-electron chi connectivity index (χ3n) is 6.14. The molecule has 2 aliphatic rings. The largest absolute Gasteiger partial charge is 0.493 e. The smallest absolute Gasteiger partial charge is 0.276 e. The quantitative estimate of drug-likeness (QED) is 0.551. The van der Waals surface area contributed by atoms with Gasteiger partial charge in [0.2, 0.25) is 0 Å². The Balaban J connectivity index is 1.45. The first-order valence-corrected chi connectivity index (χ1v) is 10.3. The molecule has 3 N–H and O–H groups in total. The maximum atomic E-state index is 12.4. The number of carbonyl (C=O) groups is 1. The number of quaternary nitrogens is 2. The van der Waals surface area contributed by atoms with Crippen LogP contribution in [0.4, 0.5) is 0 Å². The van der Waals surface area contributed by atoms with Gasteiger partial charge in [0.05, 0.1) is 6.61 Å². The minimum Gasteiger partial charge on any atom is -0.493 e. The topological polar surface area (TPSA) is 47.2 Å². The van der Waals surface area contributed by atoms with E-state index in [1.54, 1.807) is 4.90 Å². The van der Waals surface area contributed by atoms with Crippen molar-refractivity contribution in [3.05, 3.63) is 29.3 Å². The lowest BCUT2D eigenvalue weighted by molar-refractivity contribution is -1.02. The summed E-state index contributed by atoms with van der Waals surface area (Å²) >= 11 is 0. The highest BCUT2D eigenvalue weighted by molar-refractivity contribution is 5.78. The van der Waals surface area contributed by atoms with Gasteiger partial charge in [0.1, 0.15) is 44.0 Å². The maximum Gasteiger partial charge on any atom is 0.276 e. The second-order valence-corrected chi connectivity index (χ2v) is 7.88. The van der Waals surface area contributed by atoms with E-state index in [1.165, 1.54) is 16.0 Å². The zero-order chi connectivity index (χ0) is 19.3. The van der Waals surface area contributed by atoms with E-state index in [0.29, 0.717) is 6.54 Å². The molecule has 1 aromatic carbocycles. The molecular weight excluding hydrogens is 338 g/mol. The Morgan fingerprint density at radius 2 is 1.93 bits per heavy atom. The molecule has 27 heavy (non-hydrogen) atoms. The number of hydrogen-bond acceptors (Lipinski definition) is 2. The number of fused-ring (bicyclic) bond motifs is 1. The summed E-state index contributed by atoms with van der Waals surface area (Å²) in [5.41, 5.74) is 2.25. The molecule has 2 aliphatic heterocycles. The fourth-order valence-corrected chi connectivity index (χ4v) is 4.15. The van der Waals surface area contributed by atoms with Gasteiger partial charge in [-0.3, -0.25) is 4.79 Å². The molecule has 146 valence electrons. The Morgan fingerprint density at radius 1 is 1.22 bits per heavy atom. The predicted octanol–water partition coefficient (Wildman–Crippen LogP) is -0.787. The van der Waals surface area contributed by atoms with Crippen LogP contribution in [0.5, 0.6) is 5.75 Å². The Bertz CT molecular complexity index is 698. The van der Waals surface area contributed by atoms with Crippen molar-refractivity contribution in [1.82, 2.24) is 5.32 Å². The lowest BCUT2D eigenvalue weighted by Crippen LogP contribution is -3.28. The summed E-state index contributed by atoms with van der Waals surface area (Å²) in [6.07, 6.45) is 8.22. The predicted molar refractivity (Wildman–Crippen MR) is 106 cm³/mol. The number of amides is 1. The highest BCUT2D eigenvalue weighted by atomic mass is 16.5. The van der Waals surface area contributed by atoms with Crippen LogP contribution in [0.3, 0.4) is 0 Å². The number of terminal acetylenes is 1. The van der Waals surface area contributed by atoms with Gasteiger partial charge in [-0.15, -0.1) is 6.42 Å². The molecule has 1 saturated heterocycles. The monoisotopic (exact) mass is 371 g/mol. The van der Waals surface area contributed by atoms with Gasteiger partial charge in [0.25, 0.3) is 5.91 Å². The van der Waals surface area contributed by atoms with Crippen LogP contribution in [-0.4, -0.2) is 50.8 Å². The maximum absolute atomic E-state index is 12.4. The molecule has 0 spiro atoms. The standard InChI is InChI=1S/C22H31N3O2/c1-4-22(5-2,6-3)23-21(26)17-25-12-10-24(11-13-25)16-18-7-8-20-19(15-18)9-14-27-20/h1,7-8,15H,5-6,9-14,16-17H2,2-3H3,(H,23,26)/p+2. The zero-order valence-electron chi connectivity index (χ0n) is 16.7. The zero-order valence-corrected chi connectivity index (χ0v) is 16.7. The van der Waals surface area contributed by atoms with E-state index in [1.807, 2.05) is 13.8 Å². The Kier molecular flexibility index (Phi) is 6.41. The van der Waals surface area contributed by atoms with Crippen molar-refractivity contribution in [2.75, 3.05) is 39.3 Å². The van der Waals surface area contributed by atoms with Crippen LogP contribution in [-0.2, 0) is 17.8 Å².